The number of aromatic amines is 1. The van der Waals surface area contributed by atoms with Gasteiger partial charge in [0, 0.05) is 0 Å². The van der Waals surface area contributed by atoms with Crippen LogP contribution in [0.2, 0.25) is 0 Å². The van der Waals surface area contributed by atoms with E-state index in [1.54, 1.807) is 6.26 Å². The van der Waals surface area contributed by atoms with Crippen molar-refractivity contribution in [3.05, 3.63) is 73.0 Å². The monoisotopic (exact) mass is 285 g/mol. The van der Waals surface area contributed by atoms with Crippen molar-refractivity contribution in [3.63, 3.8) is 0 Å². The molecule has 0 radical (unpaired) electrons. The second-order valence-corrected chi connectivity index (χ2v) is 5.42. The lowest BCUT2D eigenvalue weighted by Gasteiger charge is -2.01. The maximum Gasteiger partial charge on any atom is 0.293 e. The van der Waals surface area contributed by atoms with Gasteiger partial charge in [0.1, 0.15) is 0 Å². The lowest BCUT2D eigenvalue weighted by molar-refractivity contribution is -0.467. The minimum Gasteiger partial charge on any atom is -0.461 e. The Morgan fingerprint density at radius 2 is 1.73 bits per heavy atom. The lowest BCUT2D eigenvalue weighted by Crippen LogP contribution is -2.23. The first-order chi connectivity index (χ1) is 10.9. The van der Waals surface area contributed by atoms with Gasteiger partial charge >= 0.3 is 0 Å². The molecule has 0 aliphatic carbocycles. The van der Waals surface area contributed by atoms with Crippen molar-refractivity contribution in [2.75, 3.05) is 0 Å². The van der Waals surface area contributed by atoms with Crippen LogP contribution in [-0.4, -0.2) is 4.98 Å². The van der Waals surface area contributed by atoms with Gasteiger partial charge in [-0.2, -0.15) is 4.40 Å². The van der Waals surface area contributed by atoms with E-state index in [9.17, 15) is 0 Å². The first kappa shape index (κ1) is 11.6. The van der Waals surface area contributed by atoms with Crippen molar-refractivity contribution in [1.29, 1.82) is 0 Å². The molecule has 0 atom stereocenters. The van der Waals surface area contributed by atoms with E-state index in [-0.39, 0.29) is 0 Å². The van der Waals surface area contributed by atoms with Gasteiger partial charge in [-0.15, -0.1) is 0 Å². The summed E-state index contributed by atoms with van der Waals surface area (Å²) in [4.78, 5) is 3.54. The fraction of sp³-hybridized carbons (Fsp3) is 0. The summed E-state index contributed by atoms with van der Waals surface area (Å²) >= 11 is 0. The number of furan rings is 1. The number of benzene rings is 2. The first-order valence-electron chi connectivity index (χ1n) is 7.30. The Labute approximate surface area is 126 Å². The van der Waals surface area contributed by atoms with Crippen LogP contribution < -0.4 is 4.40 Å². The second kappa shape index (κ2) is 4.21. The molecule has 0 fully saturated rings. The van der Waals surface area contributed by atoms with Gasteiger partial charge in [-0.3, -0.25) is 0 Å². The molecule has 0 aliphatic rings. The third-order valence-electron chi connectivity index (χ3n) is 4.14. The van der Waals surface area contributed by atoms with Crippen LogP contribution in [0.1, 0.15) is 0 Å². The van der Waals surface area contributed by atoms with Gasteiger partial charge in [-0.1, -0.05) is 30.3 Å². The molecule has 0 saturated carbocycles. The highest BCUT2D eigenvalue weighted by atomic mass is 16.3. The fourth-order valence-corrected chi connectivity index (χ4v) is 3.17. The highest BCUT2D eigenvalue weighted by Crippen LogP contribution is 2.26. The molecule has 3 aromatic heterocycles. The van der Waals surface area contributed by atoms with E-state index in [1.807, 2.05) is 18.2 Å². The van der Waals surface area contributed by atoms with E-state index in [2.05, 4.69) is 57.9 Å². The van der Waals surface area contributed by atoms with E-state index in [1.165, 1.54) is 10.8 Å². The third-order valence-corrected chi connectivity index (χ3v) is 4.14. The maximum absolute atomic E-state index is 5.66. The molecule has 0 amide bonds. The summed E-state index contributed by atoms with van der Waals surface area (Å²) < 4.78 is 7.89. The number of pyridine rings is 1. The fourth-order valence-electron chi connectivity index (χ4n) is 3.17. The number of para-hydroxylation sites is 2. The Morgan fingerprint density at radius 1 is 0.864 bits per heavy atom. The standard InChI is InChI=1S/C19H12N2O/c1-2-7-14-13(6-1)12-17(18-10-5-11-22-18)21-16-9-4-3-8-15(16)20-19(14)21/h1-12H/p+1. The molecule has 22 heavy (non-hydrogen) atoms. The Hall–Kier alpha value is -3.07. The van der Waals surface area contributed by atoms with E-state index >= 15 is 0 Å². The van der Waals surface area contributed by atoms with Crippen LogP contribution in [-0.2, 0) is 0 Å². The molecule has 0 unspecified atom stereocenters. The molecule has 3 nitrogen and oxygen atoms in total. The molecule has 0 saturated heterocycles. The molecule has 5 aromatic rings. The minimum atomic E-state index is 0.866. The van der Waals surface area contributed by atoms with Gasteiger partial charge in [-0.05, 0) is 41.8 Å². The summed E-state index contributed by atoms with van der Waals surface area (Å²) in [6, 6.07) is 22.8. The van der Waals surface area contributed by atoms with E-state index in [0.717, 1.165) is 28.1 Å². The topological polar surface area (TPSA) is 33.0 Å². The molecule has 0 aliphatic heterocycles. The van der Waals surface area contributed by atoms with Gasteiger partial charge in [0.15, 0.2) is 22.5 Å². The van der Waals surface area contributed by atoms with Crippen LogP contribution in [0.15, 0.2) is 77.4 Å². The number of imidazole rings is 1. The van der Waals surface area contributed by atoms with Gasteiger partial charge in [-0.25, -0.2) is 4.98 Å². The largest absolute Gasteiger partial charge is 0.461 e. The molecular formula is C19H13N2O+. The molecule has 3 heterocycles. The number of fused-ring (bicyclic) bond motifs is 5. The van der Waals surface area contributed by atoms with Gasteiger partial charge < -0.3 is 4.42 Å². The molecule has 0 bridgehead atoms. The number of H-pyrrole nitrogens is 1. The molecule has 5 rings (SSSR count). The summed E-state index contributed by atoms with van der Waals surface area (Å²) in [6.07, 6.45) is 1.71. The Morgan fingerprint density at radius 3 is 2.64 bits per heavy atom. The minimum absolute atomic E-state index is 0.866. The van der Waals surface area contributed by atoms with Gasteiger partial charge in [0.2, 0.25) is 0 Å². The summed E-state index contributed by atoms with van der Waals surface area (Å²) in [6.45, 7) is 0. The van der Waals surface area contributed by atoms with Crippen LogP contribution in [0.25, 0.3) is 38.9 Å². The highest BCUT2D eigenvalue weighted by molar-refractivity contribution is 5.96. The molecular weight excluding hydrogens is 272 g/mol. The quantitative estimate of drug-likeness (QED) is 0.457. The van der Waals surface area contributed by atoms with Gasteiger partial charge in [0.05, 0.1) is 11.6 Å². The average molecular weight is 285 g/mol. The van der Waals surface area contributed by atoms with Crippen molar-refractivity contribution in [2.45, 2.75) is 0 Å². The summed E-state index contributed by atoms with van der Waals surface area (Å²) in [5.74, 6) is 0.866. The number of rotatable bonds is 1. The van der Waals surface area contributed by atoms with Crippen LogP contribution >= 0.6 is 0 Å². The normalized spacial score (nSPS) is 11.6. The maximum atomic E-state index is 5.66. The molecule has 104 valence electrons. The molecule has 3 heteroatoms. The van der Waals surface area contributed by atoms with Crippen molar-refractivity contribution in [1.82, 2.24) is 4.98 Å². The van der Waals surface area contributed by atoms with Crippen LogP contribution in [0, 0.1) is 0 Å². The predicted octanol–water partition coefficient (Wildman–Crippen LogP) is 4.32. The number of hydrogen-bond donors (Lipinski definition) is 1. The molecule has 2 aromatic carbocycles. The molecule has 1 N–H and O–H groups in total. The zero-order chi connectivity index (χ0) is 14.5. The van der Waals surface area contributed by atoms with Crippen molar-refractivity contribution >= 4 is 27.5 Å². The predicted molar refractivity (Wildman–Crippen MR) is 86.7 cm³/mol. The van der Waals surface area contributed by atoms with Crippen molar-refractivity contribution in [3.8, 4) is 11.5 Å². The smallest absolute Gasteiger partial charge is 0.293 e. The van der Waals surface area contributed by atoms with Crippen LogP contribution in [0.3, 0.4) is 0 Å². The number of hydrogen-bond acceptors (Lipinski definition) is 1. The zero-order valence-corrected chi connectivity index (χ0v) is 11.8. The second-order valence-electron chi connectivity index (χ2n) is 5.42. The summed E-state index contributed by atoms with van der Waals surface area (Å²) in [7, 11) is 0. The summed E-state index contributed by atoms with van der Waals surface area (Å²) in [5.41, 5.74) is 4.41. The number of nitrogens with one attached hydrogen (secondary N) is 1. The first-order valence-corrected chi connectivity index (χ1v) is 7.30. The highest BCUT2D eigenvalue weighted by Gasteiger charge is 2.21. The molecule has 0 spiro atoms. The SMILES string of the molecule is c1coc(-c2cc3ccccc3c3[nH]c4ccccc4[n+]23)c1. The Bertz CT molecular complexity index is 1120. The van der Waals surface area contributed by atoms with E-state index in [4.69, 9.17) is 4.42 Å². The number of aromatic nitrogens is 2. The lowest BCUT2D eigenvalue weighted by atomic mass is 10.1. The van der Waals surface area contributed by atoms with Crippen molar-refractivity contribution in [2.24, 2.45) is 0 Å². The summed E-state index contributed by atoms with van der Waals surface area (Å²) in [5, 5.41) is 2.40. The number of nitrogens with zero attached hydrogens (tertiary/aromatic N) is 1. The average Bonchev–Trinajstić information content (AvgIpc) is 3.22. The van der Waals surface area contributed by atoms with Crippen molar-refractivity contribution < 1.29 is 8.82 Å². The van der Waals surface area contributed by atoms with Crippen LogP contribution in [0.5, 0.6) is 0 Å². The zero-order valence-electron chi connectivity index (χ0n) is 11.8. The van der Waals surface area contributed by atoms with E-state index in [0.29, 0.717) is 0 Å². The van der Waals surface area contributed by atoms with E-state index < -0.39 is 0 Å². The van der Waals surface area contributed by atoms with Crippen LogP contribution in [0.4, 0.5) is 0 Å². The Kier molecular flexibility index (Phi) is 2.22. The Balaban J connectivity index is 2.09. The van der Waals surface area contributed by atoms with Gasteiger partial charge in [0.25, 0.3) is 5.65 Å². The third kappa shape index (κ3) is 1.48.